The van der Waals surface area contributed by atoms with E-state index >= 15 is 0 Å². The first-order valence-corrected chi connectivity index (χ1v) is 19.2. The molecule has 10 aromatic carbocycles. The smallest absolute Gasteiger partial charge is 0.143 e. The molecule has 0 atom stereocenters. The fraction of sp³-hybridized carbons (Fsp3) is 0. The van der Waals surface area contributed by atoms with Gasteiger partial charge in [-0.2, -0.15) is 0 Å². The Labute approximate surface area is 325 Å². The zero-order valence-corrected chi connectivity index (χ0v) is 30.6. The van der Waals surface area contributed by atoms with Gasteiger partial charge < -0.3 is 9.32 Å². The summed E-state index contributed by atoms with van der Waals surface area (Å²) in [6, 6.07) is 76.5. The zero-order valence-electron chi connectivity index (χ0n) is 30.6. The zero-order chi connectivity index (χ0) is 37.0. The fourth-order valence-corrected chi connectivity index (χ4v) is 8.53. The molecule has 0 amide bonds. The van der Waals surface area contributed by atoms with Gasteiger partial charge >= 0.3 is 0 Å². The largest absolute Gasteiger partial charge is 0.455 e. The first kappa shape index (κ1) is 32.0. The molecular weight excluding hydrogens is 679 g/mol. The predicted octanol–water partition coefficient (Wildman–Crippen LogP) is 15.5. The van der Waals surface area contributed by atoms with Gasteiger partial charge in [-0.05, 0) is 91.6 Å². The highest BCUT2D eigenvalue weighted by Crippen LogP contribution is 2.47. The van der Waals surface area contributed by atoms with Crippen LogP contribution in [0.4, 0.5) is 17.1 Å². The molecule has 11 rings (SSSR count). The molecule has 0 aliphatic carbocycles. The van der Waals surface area contributed by atoms with Crippen molar-refractivity contribution < 1.29 is 4.42 Å². The van der Waals surface area contributed by atoms with Crippen molar-refractivity contribution in [3.05, 3.63) is 212 Å². The molecule has 11 aromatic rings. The number of nitrogens with zero attached hydrogens (tertiary/aromatic N) is 1. The number of rotatable bonds is 6. The average Bonchev–Trinajstić information content (AvgIpc) is 3.64. The fourth-order valence-electron chi connectivity index (χ4n) is 8.53. The Morgan fingerprint density at radius 1 is 0.304 bits per heavy atom. The van der Waals surface area contributed by atoms with Crippen LogP contribution in [0, 0.1) is 0 Å². The van der Waals surface area contributed by atoms with E-state index in [1.807, 2.05) is 0 Å². The molecule has 1 heterocycles. The molecule has 2 heteroatoms. The van der Waals surface area contributed by atoms with Gasteiger partial charge in [-0.25, -0.2) is 0 Å². The predicted molar refractivity (Wildman–Crippen MR) is 237 cm³/mol. The van der Waals surface area contributed by atoms with E-state index in [2.05, 4.69) is 217 Å². The second-order valence-corrected chi connectivity index (χ2v) is 14.5. The molecule has 1 aromatic heterocycles. The summed E-state index contributed by atoms with van der Waals surface area (Å²) in [5, 5.41) is 9.51. The Morgan fingerprint density at radius 3 is 1.73 bits per heavy atom. The van der Waals surface area contributed by atoms with Crippen LogP contribution in [0.3, 0.4) is 0 Å². The van der Waals surface area contributed by atoms with E-state index in [1.54, 1.807) is 0 Å². The Balaban J connectivity index is 1.11. The maximum Gasteiger partial charge on any atom is 0.143 e. The van der Waals surface area contributed by atoms with E-state index in [0.29, 0.717) is 0 Å². The van der Waals surface area contributed by atoms with E-state index in [1.165, 1.54) is 54.6 Å². The lowest BCUT2D eigenvalue weighted by Gasteiger charge is -2.29. The van der Waals surface area contributed by atoms with E-state index in [-0.39, 0.29) is 0 Å². The molecule has 262 valence electrons. The van der Waals surface area contributed by atoms with Crippen molar-refractivity contribution in [1.29, 1.82) is 0 Å². The Hall–Kier alpha value is -7.42. The van der Waals surface area contributed by atoms with Gasteiger partial charge in [0.2, 0.25) is 0 Å². The van der Waals surface area contributed by atoms with Crippen molar-refractivity contribution in [3.8, 4) is 33.4 Å². The van der Waals surface area contributed by atoms with Crippen molar-refractivity contribution in [1.82, 2.24) is 0 Å². The summed E-state index contributed by atoms with van der Waals surface area (Å²) in [4.78, 5) is 2.42. The molecule has 56 heavy (non-hydrogen) atoms. The van der Waals surface area contributed by atoms with Gasteiger partial charge in [0.1, 0.15) is 11.2 Å². The third-order valence-electron chi connectivity index (χ3n) is 11.2. The summed E-state index contributed by atoms with van der Waals surface area (Å²) >= 11 is 0. The highest BCUT2D eigenvalue weighted by atomic mass is 16.3. The van der Waals surface area contributed by atoms with Crippen molar-refractivity contribution in [2.75, 3.05) is 4.90 Å². The van der Waals surface area contributed by atoms with Crippen LogP contribution >= 0.6 is 0 Å². The molecule has 0 N–H and O–H groups in total. The molecule has 0 aliphatic rings. The second kappa shape index (κ2) is 13.2. The van der Waals surface area contributed by atoms with Crippen LogP contribution in [0.15, 0.2) is 217 Å². The molecule has 0 bridgehead atoms. The van der Waals surface area contributed by atoms with Gasteiger partial charge in [-0.1, -0.05) is 170 Å². The molecule has 0 saturated heterocycles. The molecule has 2 nitrogen and oxygen atoms in total. The number of anilines is 3. The normalized spacial score (nSPS) is 11.6. The molecule has 0 unspecified atom stereocenters. The maximum absolute atomic E-state index is 6.80. The molecule has 0 spiro atoms. The van der Waals surface area contributed by atoms with Crippen LogP contribution in [0.1, 0.15) is 0 Å². The summed E-state index contributed by atoms with van der Waals surface area (Å²) < 4.78 is 6.80. The maximum atomic E-state index is 6.80. The second-order valence-electron chi connectivity index (χ2n) is 14.5. The van der Waals surface area contributed by atoms with Gasteiger partial charge in [0.25, 0.3) is 0 Å². The van der Waals surface area contributed by atoms with Gasteiger partial charge in [0.15, 0.2) is 0 Å². The van der Waals surface area contributed by atoms with Gasteiger partial charge in [-0.3, -0.25) is 0 Å². The number of hydrogen-bond donors (Lipinski definition) is 0. The van der Waals surface area contributed by atoms with Crippen molar-refractivity contribution >= 4 is 71.3 Å². The Morgan fingerprint density at radius 2 is 0.893 bits per heavy atom. The molecule has 0 saturated carbocycles. The minimum absolute atomic E-state index is 0.891. The highest BCUT2D eigenvalue weighted by Gasteiger charge is 2.22. The third kappa shape index (κ3) is 5.34. The lowest BCUT2D eigenvalue weighted by atomic mass is 9.96. The molecule has 0 aliphatic heterocycles. The minimum Gasteiger partial charge on any atom is -0.455 e. The van der Waals surface area contributed by atoms with Crippen LogP contribution in [0.25, 0.3) is 87.6 Å². The van der Waals surface area contributed by atoms with E-state index in [9.17, 15) is 0 Å². The van der Waals surface area contributed by atoms with Crippen molar-refractivity contribution in [3.63, 3.8) is 0 Å². The summed E-state index contributed by atoms with van der Waals surface area (Å²) in [5.41, 5.74) is 12.0. The monoisotopic (exact) mass is 713 g/mol. The SMILES string of the molecule is c1ccc(-c2cccc(-c3ccc(N(c4ccccc4-c4cccc5c4oc4cc6ccccc6cc45)c4cccc5c4ccc4ccccc45)cc3)c2)cc1. The Bertz CT molecular complexity index is 3250. The average molecular weight is 714 g/mol. The van der Waals surface area contributed by atoms with Crippen molar-refractivity contribution in [2.45, 2.75) is 0 Å². The van der Waals surface area contributed by atoms with Gasteiger partial charge in [-0.15, -0.1) is 0 Å². The number of furan rings is 1. The highest BCUT2D eigenvalue weighted by molar-refractivity contribution is 6.16. The van der Waals surface area contributed by atoms with E-state index < -0.39 is 0 Å². The van der Waals surface area contributed by atoms with Gasteiger partial charge in [0, 0.05) is 33.0 Å². The van der Waals surface area contributed by atoms with Gasteiger partial charge in [0.05, 0.1) is 11.4 Å². The summed E-state index contributed by atoms with van der Waals surface area (Å²) in [5.74, 6) is 0. The van der Waals surface area contributed by atoms with Crippen LogP contribution in [-0.4, -0.2) is 0 Å². The molecule has 0 fully saturated rings. The number of benzene rings is 10. The first-order valence-electron chi connectivity index (χ1n) is 19.2. The number of hydrogen-bond acceptors (Lipinski definition) is 2. The lowest BCUT2D eigenvalue weighted by Crippen LogP contribution is -2.11. The summed E-state index contributed by atoms with van der Waals surface area (Å²) in [7, 11) is 0. The van der Waals surface area contributed by atoms with Crippen LogP contribution < -0.4 is 4.90 Å². The quantitative estimate of drug-likeness (QED) is 0.160. The van der Waals surface area contributed by atoms with Crippen LogP contribution in [0.5, 0.6) is 0 Å². The van der Waals surface area contributed by atoms with Crippen molar-refractivity contribution in [2.24, 2.45) is 0 Å². The minimum atomic E-state index is 0.891. The molecular formula is C54H35NO. The van der Waals surface area contributed by atoms with E-state index in [0.717, 1.165) is 50.1 Å². The summed E-state index contributed by atoms with van der Waals surface area (Å²) in [6.07, 6.45) is 0. The standard InChI is InChI=1S/C54H35NO/c1-2-13-36(14-3-1)39-18-10-19-40(33-39)37-27-30-43(31-28-37)55(52-26-12-22-45-44-20-7-6-15-38(44)29-32-47(45)52)51-25-9-8-21-46(51)48-23-11-24-49-50-34-41-16-4-5-17-42(41)35-53(50)56-54(48)49/h1-35H. The van der Waals surface area contributed by atoms with Crippen LogP contribution in [-0.2, 0) is 0 Å². The van der Waals surface area contributed by atoms with Crippen LogP contribution in [0.2, 0.25) is 0 Å². The number of para-hydroxylation sites is 2. The lowest BCUT2D eigenvalue weighted by molar-refractivity contribution is 0.670. The first-order chi connectivity index (χ1) is 27.8. The number of fused-ring (bicyclic) bond motifs is 7. The van der Waals surface area contributed by atoms with E-state index in [4.69, 9.17) is 4.42 Å². The third-order valence-corrected chi connectivity index (χ3v) is 11.2. The summed E-state index contributed by atoms with van der Waals surface area (Å²) in [6.45, 7) is 0. The molecule has 0 radical (unpaired) electrons. The topological polar surface area (TPSA) is 16.4 Å². The Kier molecular flexibility index (Phi) is 7.53.